The average Bonchev–Trinajstić information content (AvgIpc) is 3.22. The first kappa shape index (κ1) is 28.6. The molecule has 0 spiro atoms. The quantitative estimate of drug-likeness (QED) is 0.126. The standard InChI is InChI=1S/C21H10Br8N2O4/c22-10-6-7(11(23)15(27)14(10)26)19(33)30(18(6)32)4-2-1-3-5-31-20(34)8-9(21(31)35)13(25)17(29)16(28)12(8)24/h1-5H2. The SMILES string of the molecule is O=C1c2c(Br)c(Br)c(Br)c(Br)c2C(=O)N1CCCCCN1C(=O)c2c(Br)c(Br)c(Br)c(Br)c2C1=O. The summed E-state index contributed by atoms with van der Waals surface area (Å²) in [6.07, 6.45) is 1.69. The summed E-state index contributed by atoms with van der Waals surface area (Å²) in [5.74, 6) is -1.46. The van der Waals surface area contributed by atoms with Crippen LogP contribution in [0.15, 0.2) is 35.8 Å². The fraction of sp³-hybridized carbons (Fsp3) is 0.238. The monoisotopic (exact) mass is 985 g/mol. The van der Waals surface area contributed by atoms with Crippen LogP contribution in [-0.2, 0) is 0 Å². The van der Waals surface area contributed by atoms with Crippen LogP contribution < -0.4 is 0 Å². The zero-order valence-corrected chi connectivity index (χ0v) is 29.8. The average molecular weight is 994 g/mol. The smallest absolute Gasteiger partial charge is 0.262 e. The number of benzene rings is 2. The molecule has 2 aliphatic heterocycles. The number of hydrogen-bond donors (Lipinski definition) is 0. The van der Waals surface area contributed by atoms with Crippen LogP contribution in [0, 0.1) is 0 Å². The van der Waals surface area contributed by atoms with Crippen molar-refractivity contribution in [3.05, 3.63) is 58.0 Å². The van der Waals surface area contributed by atoms with Crippen LogP contribution in [0.1, 0.15) is 60.7 Å². The van der Waals surface area contributed by atoms with E-state index in [9.17, 15) is 19.2 Å². The lowest BCUT2D eigenvalue weighted by Gasteiger charge is -2.16. The predicted octanol–water partition coefficient (Wildman–Crippen LogP) is 8.85. The lowest BCUT2D eigenvalue weighted by molar-refractivity contribution is 0.0646. The van der Waals surface area contributed by atoms with Gasteiger partial charge < -0.3 is 0 Å². The van der Waals surface area contributed by atoms with Gasteiger partial charge >= 0.3 is 0 Å². The van der Waals surface area contributed by atoms with Gasteiger partial charge in [-0.2, -0.15) is 0 Å². The number of amides is 4. The molecular formula is C21H10Br8N2O4. The zero-order chi connectivity index (χ0) is 25.9. The van der Waals surface area contributed by atoms with Crippen molar-refractivity contribution in [2.75, 3.05) is 13.1 Å². The minimum absolute atomic E-state index is 0.236. The van der Waals surface area contributed by atoms with Gasteiger partial charge in [-0.05, 0) is 147 Å². The van der Waals surface area contributed by atoms with E-state index in [-0.39, 0.29) is 36.7 Å². The molecule has 35 heavy (non-hydrogen) atoms. The van der Waals surface area contributed by atoms with Crippen molar-refractivity contribution in [3.8, 4) is 0 Å². The van der Waals surface area contributed by atoms with Crippen molar-refractivity contribution in [2.24, 2.45) is 0 Å². The summed E-state index contributed by atoms with van der Waals surface area (Å²) in [5.41, 5.74) is 1.26. The van der Waals surface area contributed by atoms with Gasteiger partial charge in [-0.25, -0.2) is 0 Å². The predicted molar refractivity (Wildman–Crippen MR) is 159 cm³/mol. The van der Waals surface area contributed by atoms with Crippen molar-refractivity contribution < 1.29 is 19.2 Å². The highest BCUT2D eigenvalue weighted by Gasteiger charge is 2.42. The van der Waals surface area contributed by atoms with Crippen LogP contribution >= 0.6 is 127 Å². The first-order valence-electron chi connectivity index (χ1n) is 9.86. The van der Waals surface area contributed by atoms with E-state index in [0.717, 1.165) is 0 Å². The third-order valence-electron chi connectivity index (χ3n) is 5.63. The second kappa shape index (κ2) is 11.0. The number of carbonyl (C=O) groups excluding carboxylic acids is 4. The second-order valence-corrected chi connectivity index (χ2v) is 13.9. The van der Waals surface area contributed by atoms with Crippen molar-refractivity contribution >= 4 is 151 Å². The van der Waals surface area contributed by atoms with Gasteiger partial charge in [-0.15, -0.1) is 0 Å². The normalized spacial score (nSPS) is 15.0. The van der Waals surface area contributed by atoms with Gasteiger partial charge in [0.15, 0.2) is 0 Å². The van der Waals surface area contributed by atoms with Crippen molar-refractivity contribution in [1.82, 2.24) is 9.80 Å². The van der Waals surface area contributed by atoms with E-state index in [4.69, 9.17) is 0 Å². The van der Waals surface area contributed by atoms with Gasteiger partial charge in [-0.1, -0.05) is 0 Å². The molecule has 2 aromatic rings. The third-order valence-corrected chi connectivity index (χ3v) is 15.2. The molecule has 0 atom stereocenters. The minimum atomic E-state index is -0.364. The molecule has 0 aromatic heterocycles. The van der Waals surface area contributed by atoms with Crippen LogP contribution in [0.25, 0.3) is 0 Å². The molecule has 0 unspecified atom stereocenters. The maximum absolute atomic E-state index is 13.0. The Hall–Kier alpha value is 0.560. The van der Waals surface area contributed by atoms with Gasteiger partial charge in [0.1, 0.15) is 0 Å². The molecule has 4 amide bonds. The van der Waals surface area contributed by atoms with Gasteiger partial charge in [0.2, 0.25) is 0 Å². The summed E-state index contributed by atoms with van der Waals surface area (Å²) in [7, 11) is 0. The topological polar surface area (TPSA) is 74.8 Å². The summed E-state index contributed by atoms with van der Waals surface area (Å²) in [6.45, 7) is 0.471. The van der Waals surface area contributed by atoms with Crippen LogP contribution in [0.4, 0.5) is 0 Å². The first-order valence-corrected chi connectivity index (χ1v) is 16.2. The summed E-state index contributed by atoms with van der Waals surface area (Å²) < 4.78 is 4.64. The number of unbranched alkanes of at least 4 members (excludes halogenated alkanes) is 2. The maximum Gasteiger partial charge on any atom is 0.262 e. The Balaban J connectivity index is 1.39. The minimum Gasteiger partial charge on any atom is -0.274 e. The van der Waals surface area contributed by atoms with Gasteiger partial charge in [0, 0.05) is 48.9 Å². The van der Waals surface area contributed by atoms with Crippen LogP contribution in [-0.4, -0.2) is 46.5 Å². The number of imide groups is 2. The Morgan fingerprint density at radius 3 is 0.829 bits per heavy atom. The molecule has 0 fully saturated rings. The first-order chi connectivity index (χ1) is 16.4. The van der Waals surface area contributed by atoms with E-state index in [0.29, 0.717) is 77.3 Å². The Morgan fingerprint density at radius 2 is 0.600 bits per heavy atom. The molecule has 0 radical (unpaired) electrons. The van der Waals surface area contributed by atoms with E-state index in [1.54, 1.807) is 0 Å². The lowest BCUT2D eigenvalue weighted by Crippen LogP contribution is -2.32. The van der Waals surface area contributed by atoms with Crippen LogP contribution in [0.2, 0.25) is 0 Å². The molecule has 0 saturated heterocycles. The van der Waals surface area contributed by atoms with Gasteiger partial charge in [-0.3, -0.25) is 29.0 Å². The number of hydrogen-bond acceptors (Lipinski definition) is 4. The molecule has 2 aliphatic rings. The van der Waals surface area contributed by atoms with Crippen molar-refractivity contribution in [2.45, 2.75) is 19.3 Å². The number of rotatable bonds is 6. The van der Waals surface area contributed by atoms with E-state index < -0.39 is 0 Å². The second-order valence-electron chi connectivity index (χ2n) is 7.60. The van der Waals surface area contributed by atoms with E-state index >= 15 is 0 Å². The van der Waals surface area contributed by atoms with Gasteiger partial charge in [0.25, 0.3) is 23.6 Å². The molecule has 2 aromatic carbocycles. The van der Waals surface area contributed by atoms with Crippen molar-refractivity contribution in [3.63, 3.8) is 0 Å². The summed E-state index contributed by atoms with van der Waals surface area (Å²) in [5, 5.41) is 0. The fourth-order valence-corrected chi connectivity index (χ4v) is 8.83. The number of fused-ring (bicyclic) bond motifs is 2. The number of carbonyl (C=O) groups is 4. The molecule has 4 rings (SSSR count). The molecule has 0 aliphatic carbocycles. The Morgan fingerprint density at radius 1 is 0.371 bits per heavy atom. The Labute approximate surface area is 267 Å². The van der Waals surface area contributed by atoms with E-state index in [2.05, 4.69) is 127 Å². The Kier molecular flexibility index (Phi) is 8.96. The molecule has 0 bridgehead atoms. The third kappa shape index (κ3) is 4.67. The van der Waals surface area contributed by atoms with E-state index in [1.807, 2.05) is 0 Å². The molecule has 0 saturated carbocycles. The molecular weight excluding hydrogens is 983 g/mol. The number of halogens is 8. The van der Waals surface area contributed by atoms with Crippen LogP contribution in [0.5, 0.6) is 0 Å². The van der Waals surface area contributed by atoms with Crippen LogP contribution in [0.3, 0.4) is 0 Å². The molecule has 184 valence electrons. The molecule has 6 nitrogen and oxygen atoms in total. The maximum atomic E-state index is 13.0. The molecule has 2 heterocycles. The zero-order valence-electron chi connectivity index (χ0n) is 17.1. The lowest BCUT2D eigenvalue weighted by atomic mass is 10.1. The highest BCUT2D eigenvalue weighted by Crippen LogP contribution is 2.46. The fourth-order valence-electron chi connectivity index (χ4n) is 3.91. The summed E-state index contributed by atoms with van der Waals surface area (Å²) in [4.78, 5) is 54.3. The van der Waals surface area contributed by atoms with Crippen molar-refractivity contribution in [1.29, 1.82) is 0 Å². The molecule has 0 N–H and O–H groups in total. The largest absolute Gasteiger partial charge is 0.274 e. The highest BCUT2D eigenvalue weighted by atomic mass is 79.9. The van der Waals surface area contributed by atoms with E-state index in [1.165, 1.54) is 9.80 Å². The van der Waals surface area contributed by atoms with Gasteiger partial charge in [0.05, 0.1) is 22.3 Å². The summed E-state index contributed by atoms with van der Waals surface area (Å²) >= 11 is 27.3. The molecule has 14 heteroatoms. The number of nitrogens with zero attached hydrogens (tertiary/aromatic N) is 2. The highest BCUT2D eigenvalue weighted by molar-refractivity contribution is 9.15. The Bertz CT molecular complexity index is 1160. The summed E-state index contributed by atoms with van der Waals surface area (Å²) in [6, 6.07) is 0.